The number of benzene rings is 1. The number of carbonyl (C=O) groups excluding carboxylic acids is 1. The molecule has 1 nitrogen and oxygen atoms in total. The lowest BCUT2D eigenvalue weighted by molar-refractivity contribution is 0.112. The third kappa shape index (κ3) is 1.51. The van der Waals surface area contributed by atoms with Gasteiger partial charge in [-0.05, 0) is 34.3 Å². The van der Waals surface area contributed by atoms with Gasteiger partial charge >= 0.3 is 0 Å². The Morgan fingerprint density at radius 1 is 1.50 bits per heavy atom. The van der Waals surface area contributed by atoms with E-state index >= 15 is 0 Å². The summed E-state index contributed by atoms with van der Waals surface area (Å²) in [5, 5.41) is 3.18. The number of thiophene rings is 1. The van der Waals surface area contributed by atoms with Crippen molar-refractivity contribution >= 4 is 55.4 Å². The molecule has 1 heterocycles. The maximum atomic E-state index is 10.8. The minimum absolute atomic E-state index is 0.772. The van der Waals surface area contributed by atoms with E-state index in [1.54, 1.807) is 23.1 Å². The maximum Gasteiger partial charge on any atom is 0.151 e. The van der Waals surface area contributed by atoms with Crippen LogP contribution in [0.2, 0.25) is 0 Å². The van der Waals surface area contributed by atoms with Crippen LogP contribution >= 0.6 is 39.0 Å². The van der Waals surface area contributed by atoms with Gasteiger partial charge in [0.15, 0.2) is 6.29 Å². The Hall–Kier alpha value is -0.320. The van der Waals surface area contributed by atoms with Gasteiger partial charge in [0.1, 0.15) is 0 Å². The zero-order chi connectivity index (χ0) is 10.1. The maximum absolute atomic E-state index is 10.8. The van der Waals surface area contributed by atoms with Crippen molar-refractivity contribution in [2.75, 3.05) is 6.26 Å². The Morgan fingerprint density at radius 2 is 2.29 bits per heavy atom. The molecule has 0 spiro atoms. The normalized spacial score (nSPS) is 10.7. The first kappa shape index (κ1) is 10.2. The molecule has 0 radical (unpaired) electrons. The van der Waals surface area contributed by atoms with Crippen LogP contribution in [0.15, 0.2) is 26.9 Å². The van der Waals surface area contributed by atoms with Gasteiger partial charge in [-0.15, -0.1) is 23.1 Å². The number of hydrogen-bond acceptors (Lipinski definition) is 3. The third-order valence-corrected chi connectivity index (χ3v) is 4.75. The zero-order valence-electron chi connectivity index (χ0n) is 7.41. The highest BCUT2D eigenvalue weighted by molar-refractivity contribution is 9.10. The van der Waals surface area contributed by atoms with Crippen LogP contribution in [-0.2, 0) is 0 Å². The Labute approximate surface area is 98.6 Å². The molecule has 2 rings (SSSR count). The fourth-order valence-corrected chi connectivity index (χ4v) is 3.94. The van der Waals surface area contributed by atoms with E-state index in [0.29, 0.717) is 0 Å². The van der Waals surface area contributed by atoms with E-state index in [2.05, 4.69) is 15.9 Å². The van der Waals surface area contributed by atoms with Crippen LogP contribution in [0.1, 0.15) is 10.4 Å². The smallest absolute Gasteiger partial charge is 0.151 e. The zero-order valence-corrected chi connectivity index (χ0v) is 10.6. The van der Waals surface area contributed by atoms with Gasteiger partial charge in [0.05, 0.1) is 0 Å². The molecule has 0 saturated heterocycles. The molecular weight excluding hydrogens is 280 g/mol. The lowest BCUT2D eigenvalue weighted by atomic mass is 10.2. The molecule has 0 N–H and O–H groups in total. The third-order valence-electron chi connectivity index (χ3n) is 2.02. The first-order chi connectivity index (χ1) is 6.77. The number of fused-ring (bicyclic) bond motifs is 1. The summed E-state index contributed by atoms with van der Waals surface area (Å²) in [5.74, 6) is 0. The molecule has 0 unspecified atom stereocenters. The van der Waals surface area contributed by atoms with Gasteiger partial charge in [-0.25, -0.2) is 0 Å². The topological polar surface area (TPSA) is 17.1 Å². The highest BCUT2D eigenvalue weighted by Gasteiger charge is 2.09. The molecule has 2 aromatic rings. The Bertz CT molecular complexity index is 490. The fraction of sp³-hybridized carbons (Fsp3) is 0.100. The number of halogens is 1. The molecule has 1 aromatic heterocycles. The van der Waals surface area contributed by atoms with Crippen molar-refractivity contribution in [1.29, 1.82) is 0 Å². The van der Waals surface area contributed by atoms with Crippen LogP contribution < -0.4 is 0 Å². The van der Waals surface area contributed by atoms with Crippen molar-refractivity contribution in [2.45, 2.75) is 4.90 Å². The molecule has 0 aliphatic heterocycles. The van der Waals surface area contributed by atoms with E-state index in [0.717, 1.165) is 26.4 Å². The van der Waals surface area contributed by atoms with Crippen molar-refractivity contribution in [1.82, 2.24) is 0 Å². The summed E-state index contributed by atoms with van der Waals surface area (Å²) in [6.07, 6.45) is 2.95. The largest absolute Gasteiger partial charge is 0.298 e. The van der Waals surface area contributed by atoms with Crippen molar-refractivity contribution in [3.05, 3.63) is 27.5 Å². The van der Waals surface area contributed by atoms with Gasteiger partial charge < -0.3 is 0 Å². The van der Waals surface area contributed by atoms with Crippen molar-refractivity contribution in [3.8, 4) is 0 Å². The number of hydrogen-bond donors (Lipinski definition) is 0. The van der Waals surface area contributed by atoms with E-state index < -0.39 is 0 Å². The number of aldehydes is 1. The Balaban J connectivity index is 2.87. The monoisotopic (exact) mass is 286 g/mol. The first-order valence-electron chi connectivity index (χ1n) is 3.96. The van der Waals surface area contributed by atoms with Gasteiger partial charge in [0.25, 0.3) is 0 Å². The summed E-state index contributed by atoms with van der Waals surface area (Å²) in [6, 6.07) is 3.87. The van der Waals surface area contributed by atoms with Crippen molar-refractivity contribution < 1.29 is 4.79 Å². The van der Waals surface area contributed by atoms with E-state index in [1.807, 2.05) is 23.8 Å². The van der Waals surface area contributed by atoms with Crippen LogP contribution in [0.25, 0.3) is 10.1 Å². The molecule has 4 heteroatoms. The van der Waals surface area contributed by atoms with Crippen LogP contribution in [0.5, 0.6) is 0 Å². The van der Waals surface area contributed by atoms with Crippen LogP contribution in [0.4, 0.5) is 0 Å². The summed E-state index contributed by atoms with van der Waals surface area (Å²) in [5.41, 5.74) is 0.772. The standard InChI is InChI=1S/C10H7BrOS2/c1-13-8-3-2-6(4-12)10-9(8)7(11)5-14-10/h2-5H,1H3. The predicted molar refractivity (Wildman–Crippen MR) is 66.7 cm³/mol. The summed E-state index contributed by atoms with van der Waals surface area (Å²) < 4.78 is 2.14. The lowest BCUT2D eigenvalue weighted by Gasteiger charge is -2.01. The van der Waals surface area contributed by atoms with Gasteiger partial charge in [0, 0.05) is 30.4 Å². The summed E-state index contributed by atoms with van der Waals surface area (Å²) >= 11 is 6.80. The molecule has 0 aliphatic carbocycles. The van der Waals surface area contributed by atoms with Crippen LogP contribution in [-0.4, -0.2) is 12.5 Å². The van der Waals surface area contributed by atoms with E-state index in [4.69, 9.17) is 0 Å². The molecule has 0 saturated carbocycles. The molecule has 14 heavy (non-hydrogen) atoms. The van der Waals surface area contributed by atoms with Crippen molar-refractivity contribution in [2.24, 2.45) is 0 Å². The molecule has 1 aromatic carbocycles. The summed E-state index contributed by atoms with van der Waals surface area (Å²) in [4.78, 5) is 12.0. The average Bonchev–Trinajstić information content (AvgIpc) is 2.60. The molecule has 0 bridgehead atoms. The number of rotatable bonds is 2. The number of carbonyl (C=O) groups is 1. The molecule has 0 fully saturated rings. The van der Waals surface area contributed by atoms with Gasteiger partial charge in [-0.2, -0.15) is 0 Å². The highest BCUT2D eigenvalue weighted by atomic mass is 79.9. The van der Waals surface area contributed by atoms with E-state index in [1.165, 1.54) is 4.90 Å². The molecule has 0 aliphatic rings. The SMILES string of the molecule is CSc1ccc(C=O)c2scc(Br)c12. The minimum Gasteiger partial charge on any atom is -0.298 e. The van der Waals surface area contributed by atoms with E-state index in [-0.39, 0.29) is 0 Å². The first-order valence-corrected chi connectivity index (χ1v) is 6.86. The second-order valence-corrected chi connectivity index (χ2v) is 5.34. The summed E-state index contributed by atoms with van der Waals surface area (Å²) in [6.45, 7) is 0. The number of thioether (sulfide) groups is 1. The van der Waals surface area contributed by atoms with Crippen LogP contribution in [0, 0.1) is 0 Å². The molecular formula is C10H7BrOS2. The second-order valence-electron chi connectivity index (χ2n) is 2.76. The van der Waals surface area contributed by atoms with Gasteiger partial charge in [0.2, 0.25) is 0 Å². The fourth-order valence-electron chi connectivity index (χ4n) is 1.37. The van der Waals surface area contributed by atoms with Gasteiger partial charge in [-0.3, -0.25) is 4.79 Å². The second kappa shape index (κ2) is 4.04. The van der Waals surface area contributed by atoms with Gasteiger partial charge in [-0.1, -0.05) is 0 Å². The molecule has 72 valence electrons. The van der Waals surface area contributed by atoms with Crippen LogP contribution in [0.3, 0.4) is 0 Å². The quantitative estimate of drug-likeness (QED) is 0.608. The Morgan fingerprint density at radius 3 is 2.93 bits per heavy atom. The van der Waals surface area contributed by atoms with Crippen molar-refractivity contribution in [3.63, 3.8) is 0 Å². The Kier molecular flexibility index (Phi) is 2.95. The minimum atomic E-state index is 0.772. The summed E-state index contributed by atoms with van der Waals surface area (Å²) in [7, 11) is 0. The lowest BCUT2D eigenvalue weighted by Crippen LogP contribution is -1.81. The molecule has 0 atom stereocenters. The highest BCUT2D eigenvalue weighted by Crippen LogP contribution is 2.38. The molecule has 0 amide bonds. The average molecular weight is 287 g/mol. The van der Waals surface area contributed by atoms with E-state index in [9.17, 15) is 4.79 Å². The predicted octanol–water partition coefficient (Wildman–Crippen LogP) is 4.20.